The van der Waals surface area contributed by atoms with Gasteiger partial charge in [0, 0.05) is 61.8 Å². The summed E-state index contributed by atoms with van der Waals surface area (Å²) >= 11 is 0. The van der Waals surface area contributed by atoms with E-state index in [-0.39, 0.29) is 11.3 Å². The minimum absolute atomic E-state index is 0.160. The third kappa shape index (κ3) is 3.73. The Balaban J connectivity index is 1.47. The lowest BCUT2D eigenvalue weighted by atomic mass is 9.72. The Bertz CT molecular complexity index is 816. The molecule has 6 heteroatoms. The molecule has 2 aromatic rings. The van der Waals surface area contributed by atoms with E-state index in [2.05, 4.69) is 33.9 Å². The van der Waals surface area contributed by atoms with Gasteiger partial charge in [0.25, 0.3) is 0 Å². The van der Waals surface area contributed by atoms with Crippen molar-refractivity contribution in [3.05, 3.63) is 47.8 Å². The first kappa shape index (κ1) is 18.1. The number of ether oxygens (including phenoxy) is 1. The summed E-state index contributed by atoms with van der Waals surface area (Å²) in [7, 11) is 0. The van der Waals surface area contributed by atoms with Gasteiger partial charge in [-0.3, -0.25) is 9.69 Å². The first-order chi connectivity index (χ1) is 13.1. The Hall–Kier alpha value is -2.31. The second-order valence-corrected chi connectivity index (χ2v) is 7.82. The van der Waals surface area contributed by atoms with Gasteiger partial charge in [0.05, 0.1) is 5.92 Å². The molecule has 0 bridgehead atoms. The van der Waals surface area contributed by atoms with Crippen LogP contribution in [0.4, 0.5) is 0 Å². The molecule has 1 spiro atoms. The Labute approximate surface area is 159 Å². The van der Waals surface area contributed by atoms with Crippen LogP contribution in [0.3, 0.4) is 0 Å². The maximum absolute atomic E-state index is 11.8. The van der Waals surface area contributed by atoms with Crippen LogP contribution in [0.1, 0.15) is 24.0 Å². The standard InChI is InChI=1S/C21H25N3O3/c1-15-3-2-4-17(9-15)19-22-10-16(11-23-19)12-24-13-18(20(25)26)21(14-24)5-7-27-8-6-21/h2-4,9-11,18H,5-8,12-14H2,1H3,(H,25,26). The summed E-state index contributed by atoms with van der Waals surface area (Å²) in [4.78, 5) is 23.1. The number of nitrogens with zero attached hydrogens (tertiary/aromatic N) is 3. The van der Waals surface area contributed by atoms with E-state index in [9.17, 15) is 9.90 Å². The fourth-order valence-electron chi connectivity index (χ4n) is 4.44. The molecule has 0 saturated carbocycles. The average molecular weight is 367 g/mol. The van der Waals surface area contributed by atoms with Crippen molar-refractivity contribution >= 4 is 5.97 Å². The molecular formula is C21H25N3O3. The molecule has 3 heterocycles. The maximum atomic E-state index is 11.8. The maximum Gasteiger partial charge on any atom is 0.308 e. The molecule has 2 saturated heterocycles. The van der Waals surface area contributed by atoms with Gasteiger partial charge in [-0.15, -0.1) is 0 Å². The van der Waals surface area contributed by atoms with E-state index in [4.69, 9.17) is 4.74 Å². The number of rotatable bonds is 4. The van der Waals surface area contributed by atoms with E-state index in [1.165, 1.54) is 5.56 Å². The number of benzene rings is 1. The molecule has 0 aliphatic carbocycles. The van der Waals surface area contributed by atoms with Crippen molar-refractivity contribution < 1.29 is 14.6 Å². The first-order valence-electron chi connectivity index (χ1n) is 9.47. The molecule has 2 aliphatic rings. The summed E-state index contributed by atoms with van der Waals surface area (Å²) in [6.45, 7) is 5.43. The Morgan fingerprint density at radius 2 is 2.04 bits per heavy atom. The summed E-state index contributed by atoms with van der Waals surface area (Å²) in [6.07, 6.45) is 5.36. The Morgan fingerprint density at radius 3 is 2.70 bits per heavy atom. The van der Waals surface area contributed by atoms with Crippen LogP contribution in [0.5, 0.6) is 0 Å². The van der Waals surface area contributed by atoms with Gasteiger partial charge in [-0.05, 0) is 25.8 Å². The molecule has 2 fully saturated rings. The van der Waals surface area contributed by atoms with Gasteiger partial charge in [-0.2, -0.15) is 0 Å². The van der Waals surface area contributed by atoms with Gasteiger partial charge in [0.15, 0.2) is 5.82 Å². The van der Waals surface area contributed by atoms with E-state index in [0.29, 0.717) is 32.1 Å². The molecule has 1 unspecified atom stereocenters. The molecule has 2 aliphatic heterocycles. The lowest BCUT2D eigenvalue weighted by molar-refractivity contribution is -0.147. The van der Waals surface area contributed by atoms with Crippen molar-refractivity contribution in [1.29, 1.82) is 0 Å². The van der Waals surface area contributed by atoms with Crippen LogP contribution in [0.25, 0.3) is 11.4 Å². The summed E-state index contributed by atoms with van der Waals surface area (Å²) in [5.74, 6) is -0.299. The number of carboxylic acids is 1. The highest BCUT2D eigenvalue weighted by Gasteiger charge is 2.50. The normalized spacial score (nSPS) is 22.2. The second-order valence-electron chi connectivity index (χ2n) is 7.82. The highest BCUT2D eigenvalue weighted by Crippen LogP contribution is 2.44. The molecule has 27 heavy (non-hydrogen) atoms. The smallest absolute Gasteiger partial charge is 0.308 e. The molecule has 142 valence electrons. The van der Waals surface area contributed by atoms with Crippen LogP contribution in [0, 0.1) is 18.3 Å². The number of likely N-dealkylation sites (tertiary alicyclic amines) is 1. The van der Waals surface area contributed by atoms with Crippen LogP contribution >= 0.6 is 0 Å². The summed E-state index contributed by atoms with van der Waals surface area (Å²) in [5.41, 5.74) is 3.04. The number of aryl methyl sites for hydroxylation is 1. The lowest BCUT2D eigenvalue weighted by Gasteiger charge is -2.36. The van der Waals surface area contributed by atoms with Gasteiger partial charge in [-0.25, -0.2) is 9.97 Å². The number of hydrogen-bond donors (Lipinski definition) is 1. The number of aromatic nitrogens is 2. The van der Waals surface area contributed by atoms with Gasteiger partial charge in [0.1, 0.15) is 0 Å². The fourth-order valence-corrected chi connectivity index (χ4v) is 4.44. The summed E-state index contributed by atoms with van der Waals surface area (Å²) in [5, 5.41) is 9.71. The minimum Gasteiger partial charge on any atom is -0.481 e. The zero-order chi connectivity index (χ0) is 18.9. The number of carboxylic acid groups (broad SMARTS) is 1. The van der Waals surface area contributed by atoms with Crippen LogP contribution in [0.2, 0.25) is 0 Å². The summed E-state index contributed by atoms with van der Waals surface area (Å²) < 4.78 is 5.47. The van der Waals surface area contributed by atoms with Crippen molar-refractivity contribution in [2.75, 3.05) is 26.3 Å². The third-order valence-electron chi connectivity index (χ3n) is 5.89. The SMILES string of the molecule is Cc1cccc(-c2ncc(CN3CC(C(=O)O)C4(CCOCC4)C3)cn2)c1. The topological polar surface area (TPSA) is 75.6 Å². The first-order valence-corrected chi connectivity index (χ1v) is 9.47. The van der Waals surface area contributed by atoms with Gasteiger partial charge in [-0.1, -0.05) is 23.8 Å². The third-order valence-corrected chi connectivity index (χ3v) is 5.89. The van der Waals surface area contributed by atoms with E-state index < -0.39 is 5.97 Å². The highest BCUT2D eigenvalue weighted by molar-refractivity contribution is 5.72. The predicted molar refractivity (Wildman–Crippen MR) is 101 cm³/mol. The Morgan fingerprint density at radius 1 is 1.30 bits per heavy atom. The predicted octanol–water partition coefficient (Wildman–Crippen LogP) is 2.77. The number of aliphatic carboxylic acids is 1. The Kier molecular flexibility index (Phi) is 4.93. The van der Waals surface area contributed by atoms with E-state index in [0.717, 1.165) is 30.5 Å². The molecule has 0 amide bonds. The van der Waals surface area contributed by atoms with E-state index in [1.54, 1.807) is 0 Å². The lowest BCUT2D eigenvalue weighted by Crippen LogP contribution is -2.40. The average Bonchev–Trinajstić information content (AvgIpc) is 3.00. The fraction of sp³-hybridized carbons (Fsp3) is 0.476. The second kappa shape index (κ2) is 7.37. The zero-order valence-electron chi connectivity index (χ0n) is 15.6. The van der Waals surface area contributed by atoms with E-state index >= 15 is 0 Å². The molecule has 6 nitrogen and oxygen atoms in total. The van der Waals surface area contributed by atoms with Crippen LogP contribution in [-0.4, -0.2) is 52.2 Å². The molecule has 1 aromatic heterocycles. The van der Waals surface area contributed by atoms with Crippen LogP contribution < -0.4 is 0 Å². The van der Waals surface area contributed by atoms with Crippen LogP contribution in [0.15, 0.2) is 36.7 Å². The monoisotopic (exact) mass is 367 g/mol. The molecule has 1 N–H and O–H groups in total. The van der Waals surface area contributed by atoms with Crippen molar-refractivity contribution in [2.24, 2.45) is 11.3 Å². The van der Waals surface area contributed by atoms with E-state index in [1.807, 2.05) is 24.5 Å². The molecule has 1 aromatic carbocycles. The quantitative estimate of drug-likeness (QED) is 0.896. The van der Waals surface area contributed by atoms with Gasteiger partial charge >= 0.3 is 5.97 Å². The molecular weight excluding hydrogens is 342 g/mol. The van der Waals surface area contributed by atoms with Crippen molar-refractivity contribution in [2.45, 2.75) is 26.3 Å². The van der Waals surface area contributed by atoms with Gasteiger partial charge in [0.2, 0.25) is 0 Å². The molecule has 0 radical (unpaired) electrons. The highest BCUT2D eigenvalue weighted by atomic mass is 16.5. The van der Waals surface area contributed by atoms with Gasteiger partial charge < -0.3 is 9.84 Å². The van der Waals surface area contributed by atoms with Crippen molar-refractivity contribution in [3.63, 3.8) is 0 Å². The van der Waals surface area contributed by atoms with Crippen LogP contribution in [-0.2, 0) is 16.1 Å². The van der Waals surface area contributed by atoms with Crippen molar-refractivity contribution in [3.8, 4) is 11.4 Å². The number of hydrogen-bond acceptors (Lipinski definition) is 5. The number of carbonyl (C=O) groups is 1. The molecule has 4 rings (SSSR count). The van der Waals surface area contributed by atoms with Crippen molar-refractivity contribution in [1.82, 2.24) is 14.9 Å². The minimum atomic E-state index is -0.689. The molecule has 1 atom stereocenters. The largest absolute Gasteiger partial charge is 0.481 e. The summed E-state index contributed by atoms with van der Waals surface area (Å²) in [6, 6.07) is 8.14. The zero-order valence-corrected chi connectivity index (χ0v) is 15.6.